The quantitative estimate of drug-likeness (QED) is 0.867. The van der Waals surface area contributed by atoms with E-state index in [0.29, 0.717) is 0 Å². The maximum absolute atomic E-state index is 4.55. The minimum atomic E-state index is 0.0406. The van der Waals surface area contributed by atoms with Gasteiger partial charge < -0.3 is 15.1 Å². The van der Waals surface area contributed by atoms with Crippen molar-refractivity contribution < 1.29 is 0 Å². The summed E-state index contributed by atoms with van der Waals surface area (Å²) in [6.07, 6.45) is 0. The maximum atomic E-state index is 4.55. The van der Waals surface area contributed by atoms with Gasteiger partial charge in [0.1, 0.15) is 0 Å². The number of hydrogen-bond acceptors (Lipinski definition) is 6. The molecule has 2 heterocycles. The summed E-state index contributed by atoms with van der Waals surface area (Å²) in [5.41, 5.74) is 0.0406. The van der Waals surface area contributed by atoms with Gasteiger partial charge in [0.25, 0.3) is 0 Å². The van der Waals surface area contributed by atoms with Crippen LogP contribution in [-0.4, -0.2) is 53.0 Å². The molecule has 6 heteroatoms. The molecular formula is C11H21N5S. The Kier molecular flexibility index (Phi) is 3.53. The van der Waals surface area contributed by atoms with Gasteiger partial charge in [-0.25, -0.2) is 0 Å². The molecule has 0 spiro atoms. The van der Waals surface area contributed by atoms with Gasteiger partial charge in [0.15, 0.2) is 0 Å². The summed E-state index contributed by atoms with van der Waals surface area (Å²) in [7, 11) is 2.15. The first-order valence-electron chi connectivity index (χ1n) is 5.99. The molecule has 1 aliphatic heterocycles. The Hall–Kier alpha value is -0.880. The van der Waals surface area contributed by atoms with Crippen molar-refractivity contribution >= 4 is 22.6 Å². The molecule has 5 nitrogen and oxygen atoms in total. The standard InChI is InChI=1S/C11H21N5S/c1-11(2,3)13-10-12-9(14-17-10)16-7-5-15(4)6-8-16/h5-8H2,1-4H3,(H,12,13,14). The summed E-state index contributed by atoms with van der Waals surface area (Å²) in [5.74, 6) is 0.870. The molecule has 1 N–H and O–H groups in total. The molecule has 0 saturated carbocycles. The third kappa shape index (κ3) is 3.54. The molecule has 0 aliphatic carbocycles. The summed E-state index contributed by atoms with van der Waals surface area (Å²) in [5, 5.41) is 4.27. The van der Waals surface area contributed by atoms with Gasteiger partial charge in [-0.05, 0) is 27.8 Å². The van der Waals surface area contributed by atoms with Gasteiger partial charge in [-0.2, -0.15) is 9.36 Å². The number of nitrogens with one attached hydrogen (secondary N) is 1. The lowest BCUT2D eigenvalue weighted by Crippen LogP contribution is -2.44. The van der Waals surface area contributed by atoms with Crippen molar-refractivity contribution in [3.05, 3.63) is 0 Å². The zero-order chi connectivity index (χ0) is 12.5. The molecule has 96 valence electrons. The SMILES string of the molecule is CN1CCN(c2nsc(NC(C)(C)C)n2)CC1. The zero-order valence-electron chi connectivity index (χ0n) is 11.0. The van der Waals surface area contributed by atoms with Gasteiger partial charge >= 0.3 is 0 Å². The first kappa shape index (κ1) is 12.6. The Labute approximate surface area is 107 Å². The van der Waals surface area contributed by atoms with E-state index in [1.807, 2.05) is 0 Å². The third-order valence-corrected chi connectivity index (χ3v) is 3.30. The molecule has 0 radical (unpaired) electrons. The Morgan fingerprint density at radius 2 is 1.82 bits per heavy atom. The predicted molar refractivity (Wildman–Crippen MR) is 73.0 cm³/mol. The summed E-state index contributed by atoms with van der Waals surface area (Å²) >= 11 is 1.44. The number of likely N-dealkylation sites (N-methyl/N-ethyl adjacent to an activating group) is 1. The highest BCUT2D eigenvalue weighted by Crippen LogP contribution is 2.21. The van der Waals surface area contributed by atoms with Crippen molar-refractivity contribution in [2.24, 2.45) is 0 Å². The number of anilines is 2. The highest BCUT2D eigenvalue weighted by atomic mass is 32.1. The molecule has 0 amide bonds. The summed E-state index contributed by atoms with van der Waals surface area (Å²) in [6, 6.07) is 0. The minimum absolute atomic E-state index is 0.0406. The molecular weight excluding hydrogens is 234 g/mol. The normalized spacial score (nSPS) is 18.5. The fourth-order valence-electron chi connectivity index (χ4n) is 1.72. The van der Waals surface area contributed by atoms with Crippen LogP contribution in [0, 0.1) is 0 Å². The van der Waals surface area contributed by atoms with E-state index in [9.17, 15) is 0 Å². The van der Waals surface area contributed by atoms with E-state index in [1.54, 1.807) is 0 Å². The van der Waals surface area contributed by atoms with Crippen molar-refractivity contribution in [3.63, 3.8) is 0 Å². The summed E-state index contributed by atoms with van der Waals surface area (Å²) in [4.78, 5) is 9.13. The van der Waals surface area contributed by atoms with Crippen LogP contribution >= 0.6 is 11.5 Å². The Morgan fingerprint density at radius 1 is 1.18 bits per heavy atom. The van der Waals surface area contributed by atoms with Crippen LogP contribution in [0.1, 0.15) is 20.8 Å². The molecule has 1 aliphatic rings. The van der Waals surface area contributed by atoms with Crippen LogP contribution in [0.5, 0.6) is 0 Å². The van der Waals surface area contributed by atoms with Crippen molar-refractivity contribution in [2.45, 2.75) is 26.3 Å². The van der Waals surface area contributed by atoms with Gasteiger partial charge in [-0.1, -0.05) is 0 Å². The zero-order valence-corrected chi connectivity index (χ0v) is 11.8. The molecule has 2 rings (SSSR count). The fourth-order valence-corrected chi connectivity index (χ4v) is 2.52. The van der Waals surface area contributed by atoms with Crippen LogP contribution in [-0.2, 0) is 0 Å². The van der Waals surface area contributed by atoms with Crippen LogP contribution in [0.3, 0.4) is 0 Å². The second-order valence-electron chi connectivity index (χ2n) is 5.56. The summed E-state index contributed by atoms with van der Waals surface area (Å²) < 4.78 is 4.42. The molecule has 0 bridgehead atoms. The second-order valence-corrected chi connectivity index (χ2v) is 6.32. The van der Waals surface area contributed by atoms with Crippen molar-refractivity contribution in [2.75, 3.05) is 43.4 Å². The lowest BCUT2D eigenvalue weighted by atomic mass is 10.1. The first-order valence-corrected chi connectivity index (χ1v) is 6.77. The van der Waals surface area contributed by atoms with Gasteiger partial charge in [0, 0.05) is 43.3 Å². The van der Waals surface area contributed by atoms with E-state index in [2.05, 4.69) is 52.3 Å². The molecule has 1 saturated heterocycles. The van der Waals surface area contributed by atoms with Crippen LogP contribution in [0.15, 0.2) is 0 Å². The Balaban J connectivity index is 1.98. The first-order chi connectivity index (χ1) is 7.94. The van der Waals surface area contributed by atoms with Gasteiger partial charge in [0.05, 0.1) is 0 Å². The van der Waals surface area contributed by atoms with E-state index in [0.717, 1.165) is 37.3 Å². The molecule has 1 fully saturated rings. The highest BCUT2D eigenvalue weighted by Gasteiger charge is 2.19. The Morgan fingerprint density at radius 3 is 2.41 bits per heavy atom. The van der Waals surface area contributed by atoms with Gasteiger partial charge in [-0.15, -0.1) is 0 Å². The third-order valence-electron chi connectivity index (χ3n) is 2.68. The number of hydrogen-bond donors (Lipinski definition) is 1. The van der Waals surface area contributed by atoms with E-state index in [1.165, 1.54) is 11.5 Å². The highest BCUT2D eigenvalue weighted by molar-refractivity contribution is 7.09. The fraction of sp³-hybridized carbons (Fsp3) is 0.818. The van der Waals surface area contributed by atoms with E-state index >= 15 is 0 Å². The molecule has 1 aromatic rings. The van der Waals surface area contributed by atoms with Crippen LogP contribution < -0.4 is 10.2 Å². The molecule has 0 unspecified atom stereocenters. The average Bonchev–Trinajstić information content (AvgIpc) is 2.64. The molecule has 0 aromatic carbocycles. The Bertz CT molecular complexity index is 362. The number of nitrogens with zero attached hydrogens (tertiary/aromatic N) is 4. The van der Waals surface area contributed by atoms with E-state index < -0.39 is 0 Å². The molecule has 0 atom stereocenters. The predicted octanol–water partition coefficient (Wildman–Crippen LogP) is 1.50. The largest absolute Gasteiger partial charge is 0.356 e. The second kappa shape index (κ2) is 4.78. The van der Waals surface area contributed by atoms with Gasteiger partial charge in [-0.3, -0.25) is 0 Å². The lowest BCUT2D eigenvalue weighted by molar-refractivity contribution is 0.311. The summed E-state index contributed by atoms with van der Waals surface area (Å²) in [6.45, 7) is 10.6. The van der Waals surface area contributed by atoms with Crippen LogP contribution in [0.2, 0.25) is 0 Å². The van der Waals surface area contributed by atoms with Crippen LogP contribution in [0.25, 0.3) is 0 Å². The smallest absolute Gasteiger partial charge is 0.239 e. The molecule has 17 heavy (non-hydrogen) atoms. The van der Waals surface area contributed by atoms with Gasteiger partial charge in [0.2, 0.25) is 11.1 Å². The van der Waals surface area contributed by atoms with Crippen LogP contribution in [0.4, 0.5) is 11.1 Å². The monoisotopic (exact) mass is 255 g/mol. The van der Waals surface area contributed by atoms with Crippen molar-refractivity contribution in [1.29, 1.82) is 0 Å². The topological polar surface area (TPSA) is 44.3 Å². The number of rotatable bonds is 2. The maximum Gasteiger partial charge on any atom is 0.239 e. The van der Waals surface area contributed by atoms with E-state index in [-0.39, 0.29) is 5.54 Å². The number of aromatic nitrogens is 2. The van der Waals surface area contributed by atoms with E-state index in [4.69, 9.17) is 0 Å². The molecule has 1 aromatic heterocycles. The number of piperazine rings is 1. The minimum Gasteiger partial charge on any atom is -0.356 e. The average molecular weight is 255 g/mol. The van der Waals surface area contributed by atoms with Crippen molar-refractivity contribution in [1.82, 2.24) is 14.3 Å². The lowest BCUT2D eigenvalue weighted by Gasteiger charge is -2.31. The van der Waals surface area contributed by atoms with Crippen molar-refractivity contribution in [3.8, 4) is 0 Å².